The maximum atomic E-state index is 4.54. The van der Waals surface area contributed by atoms with Crippen LogP contribution in [0.15, 0.2) is 29.1 Å². The largest absolute Gasteiger partial charge is 0.330 e. The Labute approximate surface area is 109 Å². The Bertz CT molecular complexity index is 493. The second kappa shape index (κ2) is 5.42. The van der Waals surface area contributed by atoms with Crippen molar-refractivity contribution in [1.29, 1.82) is 0 Å². The molecule has 0 bridgehead atoms. The molecule has 0 aliphatic carbocycles. The van der Waals surface area contributed by atoms with E-state index in [1.807, 2.05) is 26.2 Å². The summed E-state index contributed by atoms with van der Waals surface area (Å²) in [5, 5.41) is 3.13. The molecule has 17 heavy (non-hydrogen) atoms. The van der Waals surface area contributed by atoms with Crippen molar-refractivity contribution in [3.8, 4) is 11.3 Å². The van der Waals surface area contributed by atoms with Crippen molar-refractivity contribution < 1.29 is 0 Å². The van der Waals surface area contributed by atoms with Gasteiger partial charge >= 0.3 is 0 Å². The average molecular weight is 295 g/mol. The predicted molar refractivity (Wildman–Crippen MR) is 71.8 cm³/mol. The van der Waals surface area contributed by atoms with E-state index >= 15 is 0 Å². The van der Waals surface area contributed by atoms with E-state index in [1.54, 1.807) is 12.4 Å². The summed E-state index contributed by atoms with van der Waals surface area (Å²) in [4.78, 5) is 8.57. The Balaban J connectivity index is 2.38. The molecule has 0 unspecified atom stereocenters. The van der Waals surface area contributed by atoms with Crippen molar-refractivity contribution >= 4 is 15.9 Å². The Kier molecular flexibility index (Phi) is 3.91. The van der Waals surface area contributed by atoms with Gasteiger partial charge in [-0.3, -0.25) is 4.98 Å². The summed E-state index contributed by atoms with van der Waals surface area (Å²) in [7, 11) is 3.99. The molecule has 0 fully saturated rings. The highest BCUT2D eigenvalue weighted by atomic mass is 79.9. The molecule has 5 heteroatoms. The lowest BCUT2D eigenvalue weighted by Crippen LogP contribution is -2.13. The molecule has 0 aliphatic heterocycles. The SMILES string of the molecule is CNCCc1nc(Br)c(-c2ccncc2)n1C. The molecule has 0 aliphatic rings. The number of nitrogens with zero attached hydrogens (tertiary/aromatic N) is 3. The number of pyridine rings is 1. The molecule has 4 nitrogen and oxygen atoms in total. The van der Waals surface area contributed by atoms with Gasteiger partial charge in [-0.15, -0.1) is 0 Å². The monoisotopic (exact) mass is 294 g/mol. The molecule has 2 aromatic heterocycles. The molecule has 2 heterocycles. The Morgan fingerprint density at radius 3 is 2.71 bits per heavy atom. The minimum absolute atomic E-state index is 0.886. The van der Waals surface area contributed by atoms with Gasteiger partial charge in [0, 0.05) is 38.0 Å². The van der Waals surface area contributed by atoms with Crippen LogP contribution in [0.5, 0.6) is 0 Å². The summed E-state index contributed by atoms with van der Waals surface area (Å²) in [6, 6.07) is 3.98. The van der Waals surface area contributed by atoms with Gasteiger partial charge in [0.2, 0.25) is 0 Å². The molecule has 0 spiro atoms. The van der Waals surface area contributed by atoms with Crippen LogP contribution in [0.4, 0.5) is 0 Å². The highest BCUT2D eigenvalue weighted by Crippen LogP contribution is 2.27. The van der Waals surface area contributed by atoms with E-state index in [0.29, 0.717) is 0 Å². The van der Waals surface area contributed by atoms with E-state index in [-0.39, 0.29) is 0 Å². The first kappa shape index (κ1) is 12.3. The summed E-state index contributed by atoms with van der Waals surface area (Å²) in [6.45, 7) is 0.924. The lowest BCUT2D eigenvalue weighted by Gasteiger charge is -2.05. The Morgan fingerprint density at radius 2 is 2.06 bits per heavy atom. The van der Waals surface area contributed by atoms with Crippen LogP contribution in [0.1, 0.15) is 5.82 Å². The van der Waals surface area contributed by atoms with Crippen LogP contribution >= 0.6 is 15.9 Å². The number of hydrogen-bond acceptors (Lipinski definition) is 3. The van der Waals surface area contributed by atoms with Gasteiger partial charge < -0.3 is 9.88 Å². The molecule has 0 aromatic carbocycles. The van der Waals surface area contributed by atoms with Crippen molar-refractivity contribution in [3.05, 3.63) is 35.0 Å². The summed E-state index contributed by atoms with van der Waals surface area (Å²) < 4.78 is 3.01. The molecular formula is C12H15BrN4. The summed E-state index contributed by atoms with van der Waals surface area (Å²) in [6.07, 6.45) is 4.50. The van der Waals surface area contributed by atoms with Crippen molar-refractivity contribution in [3.63, 3.8) is 0 Å². The van der Waals surface area contributed by atoms with E-state index < -0.39 is 0 Å². The third-order valence-corrected chi connectivity index (χ3v) is 3.25. The molecular weight excluding hydrogens is 280 g/mol. The highest BCUT2D eigenvalue weighted by Gasteiger charge is 2.13. The molecule has 0 saturated heterocycles. The van der Waals surface area contributed by atoms with Crippen molar-refractivity contribution in [2.75, 3.05) is 13.6 Å². The predicted octanol–water partition coefficient (Wildman–Crippen LogP) is 2.01. The first-order valence-electron chi connectivity index (χ1n) is 5.50. The molecule has 0 atom stereocenters. The summed E-state index contributed by atoms with van der Waals surface area (Å²) >= 11 is 3.52. The van der Waals surface area contributed by atoms with E-state index in [2.05, 4.69) is 35.8 Å². The number of rotatable bonds is 4. The number of imidazole rings is 1. The normalized spacial score (nSPS) is 10.8. The minimum atomic E-state index is 0.886. The fourth-order valence-electron chi connectivity index (χ4n) is 1.79. The fraction of sp³-hybridized carbons (Fsp3) is 0.333. The van der Waals surface area contributed by atoms with Gasteiger partial charge in [-0.2, -0.15) is 0 Å². The molecule has 2 rings (SSSR count). The van der Waals surface area contributed by atoms with E-state index in [9.17, 15) is 0 Å². The van der Waals surface area contributed by atoms with Gasteiger partial charge in [-0.25, -0.2) is 4.98 Å². The van der Waals surface area contributed by atoms with Crippen molar-refractivity contribution in [1.82, 2.24) is 19.9 Å². The van der Waals surface area contributed by atoms with Crippen LogP contribution in [-0.2, 0) is 13.5 Å². The summed E-state index contributed by atoms with van der Waals surface area (Å²) in [5.74, 6) is 1.07. The number of halogens is 1. The lowest BCUT2D eigenvalue weighted by atomic mass is 10.2. The number of aromatic nitrogens is 3. The maximum absolute atomic E-state index is 4.54. The van der Waals surface area contributed by atoms with Crippen molar-refractivity contribution in [2.45, 2.75) is 6.42 Å². The second-order valence-corrected chi connectivity index (χ2v) is 4.57. The van der Waals surface area contributed by atoms with Crippen LogP contribution in [0.2, 0.25) is 0 Å². The van der Waals surface area contributed by atoms with Gasteiger partial charge in [-0.05, 0) is 35.1 Å². The lowest BCUT2D eigenvalue weighted by molar-refractivity contribution is 0.720. The van der Waals surface area contributed by atoms with E-state index in [4.69, 9.17) is 0 Å². The zero-order chi connectivity index (χ0) is 12.3. The van der Waals surface area contributed by atoms with Crippen LogP contribution in [-0.4, -0.2) is 28.1 Å². The third-order valence-electron chi connectivity index (χ3n) is 2.70. The molecule has 2 aromatic rings. The van der Waals surface area contributed by atoms with Crippen LogP contribution in [0, 0.1) is 0 Å². The topological polar surface area (TPSA) is 42.7 Å². The third kappa shape index (κ3) is 2.56. The average Bonchev–Trinajstić information content (AvgIpc) is 2.63. The number of hydrogen-bond donors (Lipinski definition) is 1. The zero-order valence-electron chi connectivity index (χ0n) is 9.94. The van der Waals surface area contributed by atoms with Gasteiger partial charge in [0.1, 0.15) is 10.4 Å². The standard InChI is InChI=1S/C12H15BrN4/c1-14-6-5-10-16-12(13)11(17(10)2)9-3-7-15-8-4-9/h3-4,7-8,14H,5-6H2,1-2H3. The Hall–Kier alpha value is -1.20. The minimum Gasteiger partial charge on any atom is -0.330 e. The van der Waals surface area contributed by atoms with Crippen molar-refractivity contribution in [2.24, 2.45) is 7.05 Å². The first-order valence-corrected chi connectivity index (χ1v) is 6.29. The highest BCUT2D eigenvalue weighted by molar-refractivity contribution is 9.10. The second-order valence-electron chi connectivity index (χ2n) is 3.82. The van der Waals surface area contributed by atoms with Crippen LogP contribution in [0.3, 0.4) is 0 Å². The first-order chi connectivity index (χ1) is 8.24. The van der Waals surface area contributed by atoms with E-state index in [1.165, 1.54) is 0 Å². The number of nitrogens with one attached hydrogen (secondary N) is 1. The van der Waals surface area contributed by atoms with Crippen LogP contribution in [0.25, 0.3) is 11.3 Å². The quantitative estimate of drug-likeness (QED) is 0.938. The molecule has 90 valence electrons. The van der Waals surface area contributed by atoms with E-state index in [0.717, 1.165) is 34.7 Å². The number of likely N-dealkylation sites (N-methyl/N-ethyl adjacent to an activating group) is 1. The van der Waals surface area contributed by atoms with Gasteiger partial charge in [0.05, 0.1) is 5.69 Å². The molecule has 1 N–H and O–H groups in total. The summed E-state index contributed by atoms with van der Waals surface area (Å²) in [5.41, 5.74) is 2.22. The maximum Gasteiger partial charge on any atom is 0.132 e. The fourth-order valence-corrected chi connectivity index (χ4v) is 2.49. The van der Waals surface area contributed by atoms with Crippen LogP contribution < -0.4 is 5.32 Å². The zero-order valence-corrected chi connectivity index (χ0v) is 11.5. The molecule has 0 amide bonds. The van der Waals surface area contributed by atoms with Gasteiger partial charge in [0.25, 0.3) is 0 Å². The Morgan fingerprint density at radius 1 is 1.35 bits per heavy atom. The smallest absolute Gasteiger partial charge is 0.132 e. The molecule has 0 radical (unpaired) electrons. The molecule has 0 saturated carbocycles. The van der Waals surface area contributed by atoms with Gasteiger partial charge in [0.15, 0.2) is 0 Å². The van der Waals surface area contributed by atoms with Gasteiger partial charge in [-0.1, -0.05) is 0 Å².